The van der Waals surface area contributed by atoms with E-state index >= 15 is 0 Å². The average molecular weight is 407 g/mol. The lowest BCUT2D eigenvalue weighted by atomic mass is 9.78. The van der Waals surface area contributed by atoms with Gasteiger partial charge in [0, 0.05) is 5.92 Å². The Morgan fingerprint density at radius 1 is 1.00 bits per heavy atom. The van der Waals surface area contributed by atoms with Gasteiger partial charge in [0.05, 0.1) is 5.56 Å². The molecule has 29 heavy (non-hydrogen) atoms. The maximum Gasteiger partial charge on any atom is 0.419 e. The van der Waals surface area contributed by atoms with Crippen LogP contribution in [-0.4, -0.2) is 0 Å². The standard InChI is InChI=1S/C25H30F4/c1-2-18-7-9-19(10-8-18)5-3-4-6-20-11-13-21(14-12-20)22-15-16-23(24(26)17-22)25(27,28)29/h3,5,15-21H,2,7-14H2,1H3/b5-3+. The van der Waals surface area contributed by atoms with Crippen LogP contribution in [0.15, 0.2) is 30.4 Å². The molecule has 0 spiro atoms. The highest BCUT2D eigenvalue weighted by Gasteiger charge is 2.34. The van der Waals surface area contributed by atoms with Gasteiger partial charge < -0.3 is 0 Å². The van der Waals surface area contributed by atoms with Gasteiger partial charge in [-0.15, -0.1) is 0 Å². The van der Waals surface area contributed by atoms with Gasteiger partial charge in [-0.05, 0) is 92.9 Å². The van der Waals surface area contributed by atoms with Gasteiger partial charge in [-0.1, -0.05) is 37.3 Å². The Bertz CT molecular complexity index is 749. The van der Waals surface area contributed by atoms with E-state index in [1.54, 1.807) is 0 Å². The van der Waals surface area contributed by atoms with E-state index in [0.29, 0.717) is 17.4 Å². The van der Waals surface area contributed by atoms with Gasteiger partial charge in [-0.3, -0.25) is 0 Å². The van der Waals surface area contributed by atoms with Crippen molar-refractivity contribution in [3.8, 4) is 11.8 Å². The van der Waals surface area contributed by atoms with Crippen LogP contribution in [0.25, 0.3) is 0 Å². The van der Waals surface area contributed by atoms with E-state index < -0.39 is 17.6 Å². The zero-order chi connectivity index (χ0) is 20.9. The molecule has 3 rings (SSSR count). The lowest BCUT2D eigenvalue weighted by molar-refractivity contribution is -0.140. The molecule has 2 aliphatic carbocycles. The first-order valence-corrected chi connectivity index (χ1v) is 10.9. The topological polar surface area (TPSA) is 0 Å². The minimum atomic E-state index is -4.64. The van der Waals surface area contributed by atoms with Crippen LogP contribution in [0.2, 0.25) is 0 Å². The number of rotatable bonds is 3. The van der Waals surface area contributed by atoms with Gasteiger partial charge >= 0.3 is 6.18 Å². The van der Waals surface area contributed by atoms with E-state index in [9.17, 15) is 17.6 Å². The van der Waals surface area contributed by atoms with E-state index in [1.165, 1.54) is 38.2 Å². The molecular formula is C25H30F4. The molecule has 0 nitrogen and oxygen atoms in total. The molecule has 0 saturated heterocycles. The van der Waals surface area contributed by atoms with Crippen molar-refractivity contribution < 1.29 is 17.6 Å². The number of alkyl halides is 3. The molecule has 1 aromatic carbocycles. The monoisotopic (exact) mass is 406 g/mol. The molecule has 0 amide bonds. The van der Waals surface area contributed by atoms with Crippen LogP contribution >= 0.6 is 0 Å². The molecule has 4 heteroatoms. The zero-order valence-corrected chi connectivity index (χ0v) is 17.1. The van der Waals surface area contributed by atoms with Crippen molar-refractivity contribution in [2.75, 3.05) is 0 Å². The zero-order valence-electron chi connectivity index (χ0n) is 17.1. The first kappa shape index (κ1) is 21.9. The van der Waals surface area contributed by atoms with Crippen LogP contribution < -0.4 is 0 Å². The normalized spacial score (nSPS) is 28.2. The molecule has 0 bridgehead atoms. The first-order valence-electron chi connectivity index (χ1n) is 10.9. The van der Waals surface area contributed by atoms with Crippen molar-refractivity contribution in [2.45, 2.75) is 76.8 Å². The number of hydrogen-bond donors (Lipinski definition) is 0. The molecule has 0 aliphatic heterocycles. The largest absolute Gasteiger partial charge is 0.419 e. The average Bonchev–Trinajstić information content (AvgIpc) is 2.71. The molecule has 1 aromatic rings. The Kier molecular flexibility index (Phi) is 7.44. The Balaban J connectivity index is 1.47. The highest BCUT2D eigenvalue weighted by atomic mass is 19.4. The van der Waals surface area contributed by atoms with Crippen molar-refractivity contribution in [1.29, 1.82) is 0 Å². The van der Waals surface area contributed by atoms with Crippen LogP contribution in [-0.2, 0) is 6.18 Å². The molecule has 0 atom stereocenters. The summed E-state index contributed by atoms with van der Waals surface area (Å²) in [5, 5.41) is 0. The molecule has 2 saturated carbocycles. The van der Waals surface area contributed by atoms with E-state index in [4.69, 9.17) is 0 Å². The molecule has 0 unspecified atom stereocenters. The Hall–Kier alpha value is -1.76. The molecule has 0 radical (unpaired) electrons. The fraction of sp³-hybridized carbons (Fsp3) is 0.600. The molecule has 158 valence electrons. The third kappa shape index (κ3) is 6.11. The summed E-state index contributed by atoms with van der Waals surface area (Å²) in [6.07, 6.45) is 9.62. The molecule has 2 aliphatic rings. The van der Waals surface area contributed by atoms with Gasteiger partial charge in [0.2, 0.25) is 0 Å². The highest BCUT2D eigenvalue weighted by Crippen LogP contribution is 2.38. The van der Waals surface area contributed by atoms with E-state index in [-0.39, 0.29) is 5.92 Å². The molecule has 0 heterocycles. The summed E-state index contributed by atoms with van der Waals surface area (Å²) >= 11 is 0. The number of hydrogen-bond acceptors (Lipinski definition) is 0. The molecule has 0 aromatic heterocycles. The first-order chi connectivity index (χ1) is 13.9. The maximum absolute atomic E-state index is 13.8. The summed E-state index contributed by atoms with van der Waals surface area (Å²) in [5.74, 6) is 7.37. The van der Waals surface area contributed by atoms with Crippen molar-refractivity contribution in [2.24, 2.45) is 17.8 Å². The third-order valence-corrected chi connectivity index (χ3v) is 6.71. The SMILES string of the molecule is CCC1CCC(/C=C/C#CC2CCC(c3ccc(C(F)(F)F)c(F)c3)CC2)CC1. The minimum absolute atomic E-state index is 0.120. The van der Waals surface area contributed by atoms with Crippen molar-refractivity contribution in [3.63, 3.8) is 0 Å². The molecule has 0 N–H and O–H groups in total. The van der Waals surface area contributed by atoms with Gasteiger partial charge in [0.25, 0.3) is 0 Å². The second-order valence-electron chi connectivity index (χ2n) is 8.62. The summed E-state index contributed by atoms with van der Waals surface area (Å²) < 4.78 is 52.0. The van der Waals surface area contributed by atoms with Gasteiger partial charge in [0.1, 0.15) is 5.82 Å². The minimum Gasteiger partial charge on any atom is -0.206 e. The maximum atomic E-state index is 13.8. The van der Waals surface area contributed by atoms with Gasteiger partial charge in [0.15, 0.2) is 0 Å². The van der Waals surface area contributed by atoms with Crippen molar-refractivity contribution in [1.82, 2.24) is 0 Å². The fourth-order valence-corrected chi connectivity index (χ4v) is 4.73. The Morgan fingerprint density at radius 2 is 1.69 bits per heavy atom. The summed E-state index contributed by atoms with van der Waals surface area (Å²) in [5.41, 5.74) is -0.514. The number of allylic oxidation sites excluding steroid dienone is 2. The van der Waals surface area contributed by atoms with E-state index in [1.807, 2.05) is 6.08 Å². The lowest BCUT2D eigenvalue weighted by Crippen LogP contribution is -2.14. The second kappa shape index (κ2) is 9.83. The van der Waals surface area contributed by atoms with Gasteiger partial charge in [-0.25, -0.2) is 4.39 Å². The fourth-order valence-electron chi connectivity index (χ4n) is 4.73. The second-order valence-corrected chi connectivity index (χ2v) is 8.62. The lowest BCUT2D eigenvalue weighted by Gasteiger charge is -2.26. The third-order valence-electron chi connectivity index (χ3n) is 6.71. The van der Waals surface area contributed by atoms with E-state index in [0.717, 1.165) is 43.7 Å². The van der Waals surface area contributed by atoms with Crippen LogP contribution in [0.3, 0.4) is 0 Å². The highest BCUT2D eigenvalue weighted by molar-refractivity contribution is 5.29. The Morgan fingerprint density at radius 3 is 2.28 bits per heavy atom. The summed E-state index contributed by atoms with van der Waals surface area (Å²) in [7, 11) is 0. The summed E-state index contributed by atoms with van der Waals surface area (Å²) in [6.45, 7) is 2.27. The Labute approximate surface area is 171 Å². The quantitative estimate of drug-likeness (QED) is 0.354. The van der Waals surface area contributed by atoms with E-state index in [2.05, 4.69) is 24.8 Å². The van der Waals surface area contributed by atoms with Crippen LogP contribution in [0.5, 0.6) is 0 Å². The smallest absolute Gasteiger partial charge is 0.206 e. The van der Waals surface area contributed by atoms with Crippen LogP contribution in [0.4, 0.5) is 17.6 Å². The van der Waals surface area contributed by atoms with Gasteiger partial charge in [-0.2, -0.15) is 13.2 Å². The van der Waals surface area contributed by atoms with Crippen molar-refractivity contribution >= 4 is 0 Å². The van der Waals surface area contributed by atoms with Crippen molar-refractivity contribution in [3.05, 3.63) is 47.3 Å². The van der Waals surface area contributed by atoms with Crippen LogP contribution in [0, 0.1) is 35.4 Å². The summed E-state index contributed by atoms with van der Waals surface area (Å²) in [6, 6.07) is 3.36. The predicted octanol–water partition coefficient (Wildman–Crippen LogP) is 7.89. The molecule has 2 fully saturated rings. The summed E-state index contributed by atoms with van der Waals surface area (Å²) in [4.78, 5) is 0. The number of benzene rings is 1. The predicted molar refractivity (Wildman–Crippen MR) is 109 cm³/mol. The number of halogens is 4. The van der Waals surface area contributed by atoms with Crippen LogP contribution in [0.1, 0.15) is 81.8 Å². The molecular weight excluding hydrogens is 376 g/mol.